The van der Waals surface area contributed by atoms with Gasteiger partial charge in [0.1, 0.15) is 6.07 Å². The van der Waals surface area contributed by atoms with Crippen molar-refractivity contribution in [2.75, 3.05) is 6.61 Å². The molecule has 0 unspecified atom stereocenters. The van der Waals surface area contributed by atoms with Gasteiger partial charge in [0.05, 0.1) is 21.4 Å². The number of hydrogen-bond donors (Lipinski definition) is 0. The van der Waals surface area contributed by atoms with Gasteiger partial charge in [0.2, 0.25) is 0 Å². The van der Waals surface area contributed by atoms with Crippen molar-refractivity contribution in [1.29, 1.82) is 0 Å². The summed E-state index contributed by atoms with van der Waals surface area (Å²) in [4.78, 5) is 31.4. The lowest BCUT2D eigenvalue weighted by Crippen LogP contribution is -2.30. The van der Waals surface area contributed by atoms with E-state index in [-0.39, 0.29) is 29.4 Å². The van der Waals surface area contributed by atoms with Crippen molar-refractivity contribution in [3.8, 4) is 22.6 Å². The predicted octanol–water partition coefficient (Wildman–Crippen LogP) is 3.75. The fourth-order valence-corrected chi connectivity index (χ4v) is 2.89. The van der Waals surface area contributed by atoms with E-state index in [9.17, 15) is 30.3 Å². The van der Waals surface area contributed by atoms with Crippen molar-refractivity contribution in [1.82, 2.24) is 0 Å². The zero-order chi connectivity index (χ0) is 21.8. The molecule has 11 heteroatoms. The third kappa shape index (κ3) is 4.04. The number of nitrogens with zero attached hydrogens (tertiary/aromatic N) is 4. The molecule has 11 nitrogen and oxygen atoms in total. The third-order valence-electron chi connectivity index (χ3n) is 4.26. The Bertz CT molecular complexity index is 1150. The number of rotatable bonds is 7. The normalized spacial score (nSPS) is 10.4. The fourth-order valence-electron chi connectivity index (χ4n) is 2.89. The van der Waals surface area contributed by atoms with Crippen LogP contribution in [0.3, 0.4) is 0 Å². The summed E-state index contributed by atoms with van der Waals surface area (Å²) in [5.74, 6) is 0.141. The second-order valence-corrected chi connectivity index (χ2v) is 6.05. The molecule has 0 amide bonds. The van der Waals surface area contributed by atoms with Gasteiger partial charge < -0.3 is 4.74 Å². The highest BCUT2D eigenvalue weighted by atomic mass is 16.6. The minimum atomic E-state index is -0.699. The summed E-state index contributed by atoms with van der Waals surface area (Å²) in [6.07, 6.45) is 3.12. The standard InChI is InChI=1S/C19H15N4O7/c1-2-30-19-11-14(3-5-17(19)22(26)27)13-7-9-20(10-8-13)16-6-4-15(21(24)25)12-18(16)23(28)29/h3-12H,2H2,1H3/q+1. The van der Waals surface area contributed by atoms with E-state index in [2.05, 4.69) is 0 Å². The molecule has 0 aliphatic heterocycles. The Labute approximate surface area is 169 Å². The first-order chi connectivity index (χ1) is 14.3. The van der Waals surface area contributed by atoms with E-state index in [4.69, 9.17) is 4.74 Å². The van der Waals surface area contributed by atoms with E-state index in [0.717, 1.165) is 6.07 Å². The van der Waals surface area contributed by atoms with E-state index in [0.29, 0.717) is 11.1 Å². The highest BCUT2D eigenvalue weighted by Crippen LogP contribution is 2.32. The number of benzene rings is 2. The Morgan fingerprint density at radius 2 is 1.47 bits per heavy atom. The van der Waals surface area contributed by atoms with Crippen LogP contribution in [0.2, 0.25) is 0 Å². The lowest BCUT2D eigenvalue weighted by Gasteiger charge is -2.07. The number of nitro groups is 3. The maximum absolute atomic E-state index is 11.3. The smallest absolute Gasteiger partial charge is 0.347 e. The first kappa shape index (κ1) is 20.3. The highest BCUT2D eigenvalue weighted by Gasteiger charge is 2.26. The Morgan fingerprint density at radius 1 is 0.800 bits per heavy atom. The topological polar surface area (TPSA) is 143 Å². The largest absolute Gasteiger partial charge is 0.487 e. The second-order valence-electron chi connectivity index (χ2n) is 6.05. The summed E-state index contributed by atoms with van der Waals surface area (Å²) in [5.41, 5.74) is 0.595. The Morgan fingerprint density at radius 3 is 2.03 bits per heavy atom. The van der Waals surface area contributed by atoms with Gasteiger partial charge in [-0.05, 0) is 30.2 Å². The van der Waals surface area contributed by atoms with E-state index >= 15 is 0 Å². The zero-order valence-electron chi connectivity index (χ0n) is 15.6. The van der Waals surface area contributed by atoms with Crippen LogP contribution in [-0.4, -0.2) is 21.4 Å². The molecule has 0 bridgehead atoms. The van der Waals surface area contributed by atoms with E-state index in [1.54, 1.807) is 43.6 Å². The maximum Gasteiger partial charge on any atom is 0.347 e. The van der Waals surface area contributed by atoms with Crippen LogP contribution in [0.1, 0.15) is 6.92 Å². The molecular weight excluding hydrogens is 396 g/mol. The van der Waals surface area contributed by atoms with Gasteiger partial charge in [0, 0.05) is 30.3 Å². The van der Waals surface area contributed by atoms with Crippen molar-refractivity contribution in [3.63, 3.8) is 0 Å². The molecule has 0 N–H and O–H groups in total. The number of hydrogen-bond acceptors (Lipinski definition) is 7. The molecule has 1 aromatic heterocycles. The number of nitro benzene ring substituents is 3. The molecule has 0 aliphatic rings. The molecule has 0 saturated carbocycles. The lowest BCUT2D eigenvalue weighted by atomic mass is 10.1. The van der Waals surface area contributed by atoms with Crippen LogP contribution in [0, 0.1) is 30.3 Å². The summed E-state index contributed by atoms with van der Waals surface area (Å²) in [5, 5.41) is 33.4. The average molecular weight is 411 g/mol. The van der Waals surface area contributed by atoms with Crippen molar-refractivity contribution in [2.24, 2.45) is 0 Å². The van der Waals surface area contributed by atoms with Crippen molar-refractivity contribution >= 4 is 17.1 Å². The fraction of sp³-hybridized carbons (Fsp3) is 0.105. The van der Waals surface area contributed by atoms with E-state index < -0.39 is 20.5 Å². The SMILES string of the molecule is CCOc1cc(-c2cc[n+](-c3ccc([N+](=O)[O-])cc3[N+](=O)[O-])cc2)ccc1[N+](=O)[O-]. The van der Waals surface area contributed by atoms with Crippen LogP contribution in [0.25, 0.3) is 16.8 Å². The highest BCUT2D eigenvalue weighted by molar-refractivity contribution is 5.68. The molecular formula is C19H15N4O7+. The Hall–Kier alpha value is -4.41. The Kier molecular flexibility index (Phi) is 5.63. The minimum Gasteiger partial charge on any atom is -0.487 e. The van der Waals surface area contributed by atoms with Gasteiger partial charge in [-0.15, -0.1) is 0 Å². The molecule has 0 radical (unpaired) electrons. The lowest BCUT2D eigenvalue weighted by molar-refractivity contribution is -0.600. The monoisotopic (exact) mass is 411 g/mol. The van der Waals surface area contributed by atoms with E-state index in [1.807, 2.05) is 0 Å². The summed E-state index contributed by atoms with van der Waals surface area (Å²) >= 11 is 0. The molecule has 0 fully saturated rings. The summed E-state index contributed by atoms with van der Waals surface area (Å²) in [6, 6.07) is 11.2. The first-order valence-electron chi connectivity index (χ1n) is 8.68. The van der Waals surface area contributed by atoms with Crippen molar-refractivity contribution in [2.45, 2.75) is 6.92 Å². The van der Waals surface area contributed by atoms with Gasteiger partial charge in [-0.2, -0.15) is 4.57 Å². The van der Waals surface area contributed by atoms with Gasteiger partial charge >= 0.3 is 11.4 Å². The van der Waals surface area contributed by atoms with E-state index in [1.165, 1.54) is 22.8 Å². The summed E-state index contributed by atoms with van der Waals surface area (Å²) in [6.45, 7) is 1.99. The maximum atomic E-state index is 11.3. The van der Waals surface area contributed by atoms with Crippen LogP contribution in [0.5, 0.6) is 5.75 Å². The molecule has 0 spiro atoms. The molecule has 0 aliphatic carbocycles. The molecule has 2 aromatic carbocycles. The van der Waals surface area contributed by atoms with Gasteiger partial charge in [0.15, 0.2) is 18.1 Å². The summed E-state index contributed by atoms with van der Waals surface area (Å²) < 4.78 is 6.81. The molecule has 0 atom stereocenters. The zero-order valence-corrected chi connectivity index (χ0v) is 15.6. The quantitative estimate of drug-likeness (QED) is 0.327. The van der Waals surface area contributed by atoms with Crippen molar-refractivity contribution < 1.29 is 24.1 Å². The number of non-ortho nitro benzene ring substituents is 1. The van der Waals surface area contributed by atoms with Crippen molar-refractivity contribution in [3.05, 3.63) is 91.3 Å². The molecule has 0 saturated heterocycles. The van der Waals surface area contributed by atoms with Gasteiger partial charge in [0.25, 0.3) is 11.4 Å². The Balaban J connectivity index is 2.00. The average Bonchev–Trinajstić information content (AvgIpc) is 2.73. The number of ether oxygens (including phenoxy) is 1. The van der Waals surface area contributed by atoms with Crippen LogP contribution in [0.4, 0.5) is 17.1 Å². The van der Waals surface area contributed by atoms with Gasteiger partial charge in [-0.25, -0.2) is 0 Å². The predicted molar refractivity (Wildman–Crippen MR) is 105 cm³/mol. The molecule has 30 heavy (non-hydrogen) atoms. The molecule has 152 valence electrons. The molecule has 1 heterocycles. The second kappa shape index (κ2) is 8.31. The van der Waals surface area contributed by atoms with Crippen LogP contribution in [0.15, 0.2) is 60.9 Å². The molecule has 3 aromatic rings. The summed E-state index contributed by atoms with van der Waals surface area (Å²) in [7, 11) is 0. The first-order valence-corrected chi connectivity index (χ1v) is 8.68. The van der Waals surface area contributed by atoms with Crippen LogP contribution >= 0.6 is 0 Å². The van der Waals surface area contributed by atoms with Gasteiger partial charge in [-0.1, -0.05) is 0 Å². The third-order valence-corrected chi connectivity index (χ3v) is 4.26. The number of pyridine rings is 1. The molecule has 3 rings (SSSR count). The van der Waals surface area contributed by atoms with Gasteiger partial charge in [-0.3, -0.25) is 30.3 Å². The van der Waals surface area contributed by atoms with Crippen LogP contribution < -0.4 is 9.30 Å². The minimum absolute atomic E-state index is 0.141. The van der Waals surface area contributed by atoms with Crippen LogP contribution in [-0.2, 0) is 0 Å². The number of aromatic nitrogens is 1.